The smallest absolute Gasteiger partial charge is 0.255 e. The lowest BCUT2D eigenvalue weighted by atomic mass is 10.1. The Hall–Kier alpha value is -3.03. The van der Waals surface area contributed by atoms with Gasteiger partial charge in [-0.05, 0) is 35.4 Å². The molecule has 0 aliphatic rings. The molecule has 3 aromatic rings. The Balaban J connectivity index is 1.66. The number of rotatable bonds is 6. The molecule has 0 spiro atoms. The summed E-state index contributed by atoms with van der Waals surface area (Å²) in [6.07, 6.45) is 1.52. The van der Waals surface area contributed by atoms with Crippen LogP contribution in [0.1, 0.15) is 11.1 Å². The number of carbonyl (C=O) groups is 1. The van der Waals surface area contributed by atoms with Crippen molar-refractivity contribution < 1.29 is 13.2 Å². The van der Waals surface area contributed by atoms with Crippen LogP contribution in [0.4, 0.5) is 0 Å². The molecule has 6 nitrogen and oxygen atoms in total. The van der Waals surface area contributed by atoms with Crippen LogP contribution in [0, 0.1) is 6.92 Å². The van der Waals surface area contributed by atoms with Crippen molar-refractivity contribution in [3.63, 3.8) is 0 Å². The zero-order valence-corrected chi connectivity index (χ0v) is 16.5. The minimum absolute atomic E-state index is 0.143. The lowest BCUT2D eigenvalue weighted by Crippen LogP contribution is -2.36. The predicted molar refractivity (Wildman–Crippen MR) is 111 cm³/mol. The molecule has 0 bridgehead atoms. The number of benzene rings is 3. The molecule has 0 aliphatic heterocycles. The molecule has 0 saturated carbocycles. The number of carbonyl (C=O) groups excluding carboxylic acids is 1. The molecule has 3 aromatic carbocycles. The Morgan fingerprint density at radius 2 is 1.79 bits per heavy atom. The summed E-state index contributed by atoms with van der Waals surface area (Å²) in [5.41, 5.74) is 4.28. The van der Waals surface area contributed by atoms with Crippen LogP contribution in [-0.4, -0.2) is 38.4 Å². The van der Waals surface area contributed by atoms with Crippen LogP contribution in [0.25, 0.3) is 10.8 Å². The van der Waals surface area contributed by atoms with Gasteiger partial charge in [-0.1, -0.05) is 60.2 Å². The standard InChI is InChI=1S/C21H21N3O3S/c1-16-6-5-7-17(12-16)14-22-23-21(25)15-24(2)28(26,27)20-11-10-18-8-3-4-9-19(18)13-20/h3-14H,15H2,1-2H3,(H,23,25)/b22-14-. The summed E-state index contributed by atoms with van der Waals surface area (Å²) in [5.74, 6) is -0.518. The van der Waals surface area contributed by atoms with Crippen LogP contribution in [-0.2, 0) is 14.8 Å². The fourth-order valence-electron chi connectivity index (χ4n) is 2.76. The number of amides is 1. The van der Waals surface area contributed by atoms with E-state index in [1.54, 1.807) is 18.2 Å². The van der Waals surface area contributed by atoms with Crippen LogP contribution in [0.3, 0.4) is 0 Å². The minimum Gasteiger partial charge on any atom is -0.272 e. The Morgan fingerprint density at radius 3 is 2.54 bits per heavy atom. The van der Waals surface area contributed by atoms with Crippen molar-refractivity contribution in [2.75, 3.05) is 13.6 Å². The van der Waals surface area contributed by atoms with Gasteiger partial charge in [0, 0.05) is 7.05 Å². The molecule has 144 valence electrons. The second-order valence-corrected chi connectivity index (χ2v) is 8.52. The number of nitrogens with one attached hydrogen (secondary N) is 1. The summed E-state index contributed by atoms with van der Waals surface area (Å²) in [7, 11) is -2.42. The van der Waals surface area contributed by atoms with Gasteiger partial charge in [-0.25, -0.2) is 13.8 Å². The van der Waals surface area contributed by atoms with Gasteiger partial charge in [-0.2, -0.15) is 9.41 Å². The molecule has 0 heterocycles. The molecule has 3 rings (SSSR count). The first kappa shape index (κ1) is 19.7. The van der Waals surface area contributed by atoms with Gasteiger partial charge < -0.3 is 0 Å². The average molecular weight is 395 g/mol. The summed E-state index contributed by atoms with van der Waals surface area (Å²) in [6, 6.07) is 20.0. The summed E-state index contributed by atoms with van der Waals surface area (Å²) in [4.78, 5) is 12.2. The SMILES string of the molecule is Cc1cccc(/C=N\NC(=O)CN(C)S(=O)(=O)c2ccc3ccccc3c2)c1. The maximum atomic E-state index is 12.8. The van der Waals surface area contributed by atoms with Gasteiger partial charge in [-0.3, -0.25) is 4.79 Å². The fourth-order valence-corrected chi connectivity index (χ4v) is 3.92. The summed E-state index contributed by atoms with van der Waals surface area (Å²) < 4.78 is 26.5. The van der Waals surface area contributed by atoms with Crippen molar-refractivity contribution in [2.45, 2.75) is 11.8 Å². The monoisotopic (exact) mass is 395 g/mol. The van der Waals surface area contributed by atoms with Crippen molar-refractivity contribution in [3.8, 4) is 0 Å². The first-order chi connectivity index (χ1) is 13.4. The summed E-state index contributed by atoms with van der Waals surface area (Å²) in [6.45, 7) is 1.63. The number of likely N-dealkylation sites (N-methyl/N-ethyl adjacent to an activating group) is 1. The highest BCUT2D eigenvalue weighted by Gasteiger charge is 2.23. The van der Waals surface area contributed by atoms with Crippen molar-refractivity contribution in [1.82, 2.24) is 9.73 Å². The van der Waals surface area contributed by atoms with Gasteiger partial charge in [0.2, 0.25) is 10.0 Å². The molecule has 0 aromatic heterocycles. The third-order valence-electron chi connectivity index (χ3n) is 4.24. The lowest BCUT2D eigenvalue weighted by molar-refractivity contribution is -0.121. The van der Waals surface area contributed by atoms with E-state index in [2.05, 4.69) is 10.5 Å². The van der Waals surface area contributed by atoms with Crippen LogP contribution in [0.5, 0.6) is 0 Å². The number of sulfonamides is 1. The summed E-state index contributed by atoms with van der Waals surface area (Å²) in [5, 5.41) is 5.66. The van der Waals surface area contributed by atoms with Crippen LogP contribution in [0.15, 0.2) is 76.7 Å². The fraction of sp³-hybridized carbons (Fsp3) is 0.143. The maximum Gasteiger partial charge on any atom is 0.255 e. The minimum atomic E-state index is -3.79. The molecule has 1 N–H and O–H groups in total. The molecule has 1 amide bonds. The maximum absolute atomic E-state index is 12.8. The first-order valence-corrected chi connectivity index (χ1v) is 10.1. The number of nitrogens with zero attached hydrogens (tertiary/aromatic N) is 2. The first-order valence-electron chi connectivity index (χ1n) is 8.70. The van der Waals surface area contributed by atoms with Gasteiger partial charge in [0.1, 0.15) is 0 Å². The van der Waals surface area contributed by atoms with Crippen molar-refractivity contribution in [2.24, 2.45) is 5.10 Å². The highest BCUT2D eigenvalue weighted by Crippen LogP contribution is 2.21. The Kier molecular flexibility index (Phi) is 5.87. The zero-order valence-electron chi connectivity index (χ0n) is 15.7. The Bertz CT molecular complexity index is 1140. The van der Waals surface area contributed by atoms with Crippen molar-refractivity contribution in [3.05, 3.63) is 77.9 Å². The molecule has 7 heteroatoms. The van der Waals surface area contributed by atoms with Gasteiger partial charge in [0.05, 0.1) is 17.7 Å². The predicted octanol–water partition coefficient (Wildman–Crippen LogP) is 2.92. The van der Waals surface area contributed by atoms with E-state index in [4.69, 9.17) is 0 Å². The number of hydrazone groups is 1. The summed E-state index contributed by atoms with van der Waals surface area (Å²) >= 11 is 0. The average Bonchev–Trinajstić information content (AvgIpc) is 2.67. The molecule has 0 unspecified atom stereocenters. The van der Waals surface area contributed by atoms with Crippen LogP contribution < -0.4 is 5.43 Å². The molecule has 0 saturated heterocycles. The molecule has 0 aliphatic carbocycles. The van der Waals surface area contributed by atoms with Crippen LogP contribution in [0.2, 0.25) is 0 Å². The second-order valence-electron chi connectivity index (χ2n) is 6.48. The number of hydrogen-bond acceptors (Lipinski definition) is 4. The van der Waals surface area contributed by atoms with Gasteiger partial charge in [0.25, 0.3) is 5.91 Å². The van der Waals surface area contributed by atoms with Gasteiger partial charge in [0.15, 0.2) is 0 Å². The normalized spacial score (nSPS) is 12.0. The molecular weight excluding hydrogens is 374 g/mol. The van der Waals surface area contributed by atoms with E-state index < -0.39 is 15.9 Å². The Labute approximate surface area is 164 Å². The third kappa shape index (κ3) is 4.62. The third-order valence-corrected chi connectivity index (χ3v) is 6.04. The largest absolute Gasteiger partial charge is 0.272 e. The highest BCUT2D eigenvalue weighted by molar-refractivity contribution is 7.89. The van der Waals surface area contributed by atoms with Gasteiger partial charge in [-0.15, -0.1) is 0 Å². The molecule has 0 atom stereocenters. The molecule has 0 fully saturated rings. The van der Waals surface area contributed by atoms with Crippen molar-refractivity contribution >= 4 is 32.9 Å². The van der Waals surface area contributed by atoms with Crippen molar-refractivity contribution in [1.29, 1.82) is 0 Å². The lowest BCUT2D eigenvalue weighted by Gasteiger charge is -2.16. The van der Waals surface area contributed by atoms with E-state index in [1.165, 1.54) is 13.3 Å². The molecular formula is C21H21N3O3S. The van der Waals surface area contributed by atoms with E-state index in [-0.39, 0.29) is 11.4 Å². The molecule has 0 radical (unpaired) electrons. The molecule has 28 heavy (non-hydrogen) atoms. The Morgan fingerprint density at radius 1 is 1.04 bits per heavy atom. The highest BCUT2D eigenvalue weighted by atomic mass is 32.2. The second kappa shape index (κ2) is 8.33. The zero-order chi connectivity index (χ0) is 20.1. The van der Waals surface area contributed by atoms with E-state index in [1.807, 2.05) is 55.5 Å². The van der Waals surface area contributed by atoms with Crippen LogP contribution >= 0.6 is 0 Å². The van der Waals surface area contributed by atoms with E-state index in [0.29, 0.717) is 0 Å². The van der Waals surface area contributed by atoms with E-state index in [0.717, 1.165) is 26.2 Å². The van der Waals surface area contributed by atoms with E-state index in [9.17, 15) is 13.2 Å². The quantitative estimate of drug-likeness (QED) is 0.515. The number of hydrogen-bond donors (Lipinski definition) is 1. The van der Waals surface area contributed by atoms with Gasteiger partial charge >= 0.3 is 0 Å². The number of fused-ring (bicyclic) bond motifs is 1. The van der Waals surface area contributed by atoms with E-state index >= 15 is 0 Å². The topological polar surface area (TPSA) is 78.8 Å². The number of aryl methyl sites for hydroxylation is 1.